The molecule has 0 spiro atoms. The van der Waals surface area contributed by atoms with Gasteiger partial charge in [-0.05, 0) is 25.8 Å². The van der Waals surface area contributed by atoms with Gasteiger partial charge in [-0.2, -0.15) is 5.10 Å². The van der Waals surface area contributed by atoms with Crippen LogP contribution >= 0.6 is 11.3 Å². The Kier molecular flexibility index (Phi) is 5.36. The molecular formula is C19H27N5OS. The van der Waals surface area contributed by atoms with Crippen molar-refractivity contribution in [3.63, 3.8) is 0 Å². The van der Waals surface area contributed by atoms with Crippen molar-refractivity contribution >= 4 is 17.2 Å². The van der Waals surface area contributed by atoms with Crippen LogP contribution in [0.4, 0.5) is 0 Å². The Bertz CT molecular complexity index is 762. The van der Waals surface area contributed by atoms with Gasteiger partial charge in [-0.25, -0.2) is 4.98 Å². The summed E-state index contributed by atoms with van der Waals surface area (Å²) in [6.45, 7) is 5.75. The van der Waals surface area contributed by atoms with E-state index in [1.165, 1.54) is 18.5 Å². The molecule has 0 saturated heterocycles. The second kappa shape index (κ2) is 7.88. The zero-order chi connectivity index (χ0) is 17.9. The third kappa shape index (κ3) is 4.32. The van der Waals surface area contributed by atoms with Crippen molar-refractivity contribution in [3.8, 4) is 0 Å². The number of carbonyl (C=O) groups excluding carboxylic acids is 1. The molecule has 4 rings (SSSR count). The minimum Gasteiger partial charge on any atom is -0.353 e. The van der Waals surface area contributed by atoms with Crippen LogP contribution in [0.15, 0.2) is 11.4 Å². The molecule has 2 aromatic heterocycles. The van der Waals surface area contributed by atoms with Gasteiger partial charge in [-0.15, -0.1) is 11.3 Å². The predicted molar refractivity (Wildman–Crippen MR) is 102 cm³/mol. The Morgan fingerprint density at radius 3 is 2.92 bits per heavy atom. The molecule has 140 valence electrons. The van der Waals surface area contributed by atoms with E-state index in [4.69, 9.17) is 5.10 Å². The van der Waals surface area contributed by atoms with Crippen LogP contribution in [0.25, 0.3) is 0 Å². The van der Waals surface area contributed by atoms with E-state index in [-0.39, 0.29) is 5.91 Å². The highest BCUT2D eigenvalue weighted by Gasteiger charge is 2.20. The second-order valence-electron chi connectivity index (χ2n) is 7.47. The number of thiazole rings is 1. The summed E-state index contributed by atoms with van der Waals surface area (Å²) >= 11 is 1.71. The second-order valence-corrected chi connectivity index (χ2v) is 8.53. The summed E-state index contributed by atoms with van der Waals surface area (Å²) in [5.74, 6) is 0.170. The summed E-state index contributed by atoms with van der Waals surface area (Å²) < 4.78 is 2.10. The maximum absolute atomic E-state index is 12.1. The standard InChI is InChI=1S/C19H27N5OS/c1-14-20-17(13-26-14)11-23-8-9-24-18(12-23)10-16(22-24)6-7-19(25)21-15-4-2-3-5-15/h10,13,15H,2-9,11-12H2,1H3,(H,21,25). The van der Waals surface area contributed by atoms with Gasteiger partial charge in [0.1, 0.15) is 0 Å². The molecule has 1 N–H and O–H groups in total. The first kappa shape index (κ1) is 17.7. The number of carbonyl (C=O) groups is 1. The van der Waals surface area contributed by atoms with Crippen LogP contribution in [0.2, 0.25) is 0 Å². The monoisotopic (exact) mass is 373 g/mol. The van der Waals surface area contributed by atoms with E-state index in [0.29, 0.717) is 12.5 Å². The Morgan fingerprint density at radius 1 is 1.31 bits per heavy atom. The quantitative estimate of drug-likeness (QED) is 0.846. The SMILES string of the molecule is Cc1nc(CN2CCn3nc(CCC(=O)NC4CCCC4)cc3C2)cs1. The highest BCUT2D eigenvalue weighted by Crippen LogP contribution is 2.19. The normalized spacial score (nSPS) is 18.2. The summed E-state index contributed by atoms with van der Waals surface area (Å²) in [4.78, 5) is 19.1. The molecule has 2 aliphatic rings. The minimum atomic E-state index is 0.170. The molecule has 1 fully saturated rings. The highest BCUT2D eigenvalue weighted by molar-refractivity contribution is 7.09. The Morgan fingerprint density at radius 2 is 2.15 bits per heavy atom. The van der Waals surface area contributed by atoms with E-state index in [0.717, 1.165) is 61.8 Å². The highest BCUT2D eigenvalue weighted by atomic mass is 32.1. The van der Waals surface area contributed by atoms with Gasteiger partial charge in [-0.1, -0.05) is 12.8 Å². The van der Waals surface area contributed by atoms with E-state index in [2.05, 4.69) is 38.3 Å². The summed E-state index contributed by atoms with van der Waals surface area (Å²) in [6, 6.07) is 2.57. The van der Waals surface area contributed by atoms with Crippen LogP contribution in [0.3, 0.4) is 0 Å². The molecule has 1 amide bonds. The van der Waals surface area contributed by atoms with Gasteiger partial charge in [-0.3, -0.25) is 14.4 Å². The lowest BCUT2D eigenvalue weighted by Gasteiger charge is -2.26. The number of hydrogen-bond acceptors (Lipinski definition) is 5. The fourth-order valence-electron chi connectivity index (χ4n) is 3.96. The van der Waals surface area contributed by atoms with Gasteiger partial charge in [0.15, 0.2) is 0 Å². The maximum Gasteiger partial charge on any atom is 0.220 e. The number of aromatic nitrogens is 3. The molecule has 1 saturated carbocycles. The van der Waals surface area contributed by atoms with Gasteiger partial charge in [0, 0.05) is 43.9 Å². The Labute approximate surface area is 158 Å². The first-order valence-electron chi connectivity index (χ1n) is 9.64. The van der Waals surface area contributed by atoms with Crippen molar-refractivity contribution in [2.24, 2.45) is 0 Å². The summed E-state index contributed by atoms with van der Waals surface area (Å²) in [6.07, 6.45) is 6.03. The van der Waals surface area contributed by atoms with Gasteiger partial charge in [0.2, 0.25) is 5.91 Å². The number of nitrogens with one attached hydrogen (secondary N) is 1. The van der Waals surface area contributed by atoms with E-state index < -0.39 is 0 Å². The van der Waals surface area contributed by atoms with Crippen molar-refractivity contribution in [3.05, 3.63) is 33.5 Å². The molecule has 3 heterocycles. The molecular weight excluding hydrogens is 346 g/mol. The van der Waals surface area contributed by atoms with Crippen molar-refractivity contribution in [1.29, 1.82) is 0 Å². The first-order valence-corrected chi connectivity index (χ1v) is 10.5. The van der Waals surface area contributed by atoms with Crippen molar-refractivity contribution < 1.29 is 4.79 Å². The Hall–Kier alpha value is -1.73. The van der Waals surface area contributed by atoms with Crippen LogP contribution in [-0.2, 0) is 30.8 Å². The van der Waals surface area contributed by atoms with E-state index in [1.807, 2.05) is 0 Å². The largest absolute Gasteiger partial charge is 0.353 e. The van der Waals surface area contributed by atoms with Crippen LogP contribution in [0.1, 0.15) is 54.2 Å². The number of hydrogen-bond donors (Lipinski definition) is 1. The maximum atomic E-state index is 12.1. The van der Waals surface area contributed by atoms with Crippen molar-refractivity contribution in [1.82, 2.24) is 25.0 Å². The molecule has 2 aromatic rings. The topological polar surface area (TPSA) is 63.1 Å². The van der Waals surface area contributed by atoms with Crippen molar-refractivity contribution in [2.45, 2.75) is 71.1 Å². The number of nitrogens with zero attached hydrogens (tertiary/aromatic N) is 4. The molecule has 0 atom stereocenters. The van der Waals surface area contributed by atoms with Gasteiger partial charge < -0.3 is 5.32 Å². The molecule has 0 bridgehead atoms. The molecule has 0 radical (unpaired) electrons. The molecule has 7 heteroatoms. The first-order chi connectivity index (χ1) is 12.7. The molecule has 1 aliphatic heterocycles. The van der Waals surface area contributed by atoms with Crippen LogP contribution in [-0.4, -0.2) is 38.2 Å². The molecule has 1 aliphatic carbocycles. The zero-order valence-electron chi connectivity index (χ0n) is 15.4. The van der Waals surface area contributed by atoms with E-state index in [9.17, 15) is 4.79 Å². The zero-order valence-corrected chi connectivity index (χ0v) is 16.2. The molecule has 0 aromatic carbocycles. The van der Waals surface area contributed by atoms with Gasteiger partial charge in [0.25, 0.3) is 0 Å². The number of fused-ring (bicyclic) bond motifs is 1. The number of amides is 1. The van der Waals surface area contributed by atoms with E-state index in [1.54, 1.807) is 11.3 Å². The van der Waals surface area contributed by atoms with Gasteiger partial charge >= 0.3 is 0 Å². The fourth-order valence-corrected chi connectivity index (χ4v) is 4.56. The lowest BCUT2D eigenvalue weighted by atomic mass is 10.2. The van der Waals surface area contributed by atoms with Crippen molar-refractivity contribution in [2.75, 3.05) is 6.54 Å². The third-order valence-electron chi connectivity index (χ3n) is 5.31. The van der Waals surface area contributed by atoms with Crippen LogP contribution < -0.4 is 5.32 Å². The number of aryl methyl sites for hydroxylation is 2. The Balaban J connectivity index is 1.28. The lowest BCUT2D eigenvalue weighted by Crippen LogP contribution is -2.33. The van der Waals surface area contributed by atoms with Gasteiger partial charge in [0.05, 0.1) is 28.6 Å². The van der Waals surface area contributed by atoms with Crippen LogP contribution in [0, 0.1) is 6.92 Å². The average Bonchev–Trinajstić information content (AvgIpc) is 3.34. The number of rotatable bonds is 6. The lowest BCUT2D eigenvalue weighted by molar-refractivity contribution is -0.121. The molecule has 6 nitrogen and oxygen atoms in total. The molecule has 0 unspecified atom stereocenters. The predicted octanol–water partition coefficient (Wildman–Crippen LogP) is 2.66. The van der Waals surface area contributed by atoms with Crippen LogP contribution in [0.5, 0.6) is 0 Å². The third-order valence-corrected chi connectivity index (χ3v) is 6.13. The smallest absolute Gasteiger partial charge is 0.220 e. The molecule has 26 heavy (non-hydrogen) atoms. The summed E-state index contributed by atoms with van der Waals surface area (Å²) in [5, 5.41) is 11.1. The van der Waals surface area contributed by atoms with E-state index >= 15 is 0 Å². The fraction of sp³-hybridized carbons (Fsp3) is 0.632. The summed E-state index contributed by atoms with van der Waals surface area (Å²) in [7, 11) is 0. The summed E-state index contributed by atoms with van der Waals surface area (Å²) in [5.41, 5.74) is 3.44. The minimum absolute atomic E-state index is 0.170. The average molecular weight is 374 g/mol.